The van der Waals surface area contributed by atoms with Gasteiger partial charge in [0.15, 0.2) is 0 Å². The Morgan fingerprint density at radius 2 is 0.875 bits per heavy atom. The molecule has 0 fully saturated rings. The van der Waals surface area contributed by atoms with Gasteiger partial charge in [-0.3, -0.25) is 0 Å². The molecule has 0 nitrogen and oxygen atoms in total. The minimum Gasteiger partial charge on any atom is -0.135 e. The molecule has 0 N–H and O–H groups in total. The average Bonchev–Trinajstić information content (AvgIpc) is 3.59. The first-order valence-corrected chi connectivity index (χ1v) is 14.7. The molecular formula is C39H24S. The molecule has 9 rings (SSSR count). The third-order valence-electron chi connectivity index (χ3n) is 8.73. The van der Waals surface area contributed by atoms with Crippen molar-refractivity contribution in [2.24, 2.45) is 0 Å². The molecule has 186 valence electrons. The fourth-order valence-corrected chi connectivity index (χ4v) is 8.27. The van der Waals surface area contributed by atoms with Gasteiger partial charge in [0, 0.05) is 25.7 Å². The van der Waals surface area contributed by atoms with E-state index in [0.717, 1.165) is 6.42 Å². The maximum atomic E-state index is 2.34. The molecule has 0 atom stereocenters. The van der Waals surface area contributed by atoms with Crippen molar-refractivity contribution in [1.82, 2.24) is 0 Å². The Balaban J connectivity index is 1.41. The third-order valence-corrected chi connectivity index (χ3v) is 9.95. The normalized spacial score (nSPS) is 12.4. The SMILES string of the molecule is c1ccc2c(c1)Cc1c-2cccc1-c1c2ccccc2c(-c2cccc3c2sc2ccccc23)c2ccccc12. The molecule has 0 bridgehead atoms. The van der Waals surface area contributed by atoms with Gasteiger partial charge in [0.1, 0.15) is 0 Å². The highest BCUT2D eigenvalue weighted by Gasteiger charge is 2.24. The molecule has 0 saturated carbocycles. The molecule has 0 saturated heterocycles. The van der Waals surface area contributed by atoms with E-state index in [1.165, 1.54) is 86.2 Å². The summed E-state index contributed by atoms with van der Waals surface area (Å²) in [5.74, 6) is 0. The Hall–Kier alpha value is -4.72. The zero-order chi connectivity index (χ0) is 26.2. The highest BCUT2D eigenvalue weighted by molar-refractivity contribution is 7.26. The van der Waals surface area contributed by atoms with Crippen LogP contribution < -0.4 is 0 Å². The molecule has 0 radical (unpaired) electrons. The molecule has 1 heterocycles. The van der Waals surface area contributed by atoms with Crippen molar-refractivity contribution in [2.45, 2.75) is 6.42 Å². The monoisotopic (exact) mass is 524 g/mol. The van der Waals surface area contributed by atoms with Gasteiger partial charge in [0.2, 0.25) is 0 Å². The topological polar surface area (TPSA) is 0 Å². The second kappa shape index (κ2) is 8.39. The second-order valence-electron chi connectivity index (χ2n) is 10.8. The molecule has 1 aliphatic rings. The van der Waals surface area contributed by atoms with Crippen LogP contribution in [-0.2, 0) is 6.42 Å². The number of fused-ring (bicyclic) bond motifs is 8. The van der Waals surface area contributed by atoms with E-state index >= 15 is 0 Å². The fraction of sp³-hybridized carbons (Fsp3) is 0.0256. The molecule has 40 heavy (non-hydrogen) atoms. The Morgan fingerprint density at radius 3 is 1.62 bits per heavy atom. The van der Waals surface area contributed by atoms with E-state index in [9.17, 15) is 0 Å². The fourth-order valence-electron chi connectivity index (χ4n) is 7.04. The smallest absolute Gasteiger partial charge is 0.0434 e. The van der Waals surface area contributed by atoms with E-state index in [1.807, 2.05) is 11.3 Å². The van der Waals surface area contributed by atoms with Crippen LogP contribution in [0.25, 0.3) is 75.1 Å². The van der Waals surface area contributed by atoms with E-state index in [-0.39, 0.29) is 0 Å². The van der Waals surface area contributed by atoms with Crippen molar-refractivity contribution < 1.29 is 0 Å². The second-order valence-corrected chi connectivity index (χ2v) is 11.8. The summed E-state index contributed by atoms with van der Waals surface area (Å²) in [6.45, 7) is 0. The Kier molecular flexibility index (Phi) is 4.64. The molecule has 0 unspecified atom stereocenters. The Labute approximate surface area is 236 Å². The van der Waals surface area contributed by atoms with Crippen molar-refractivity contribution >= 4 is 53.1 Å². The molecule has 0 aliphatic heterocycles. The van der Waals surface area contributed by atoms with Crippen molar-refractivity contribution in [2.75, 3.05) is 0 Å². The van der Waals surface area contributed by atoms with Crippen LogP contribution in [0.3, 0.4) is 0 Å². The first-order chi connectivity index (χ1) is 19.9. The lowest BCUT2D eigenvalue weighted by Gasteiger charge is -2.19. The number of thiophene rings is 1. The molecule has 8 aromatic rings. The molecule has 0 amide bonds. The lowest BCUT2D eigenvalue weighted by Crippen LogP contribution is -1.94. The Morgan fingerprint density at radius 1 is 0.375 bits per heavy atom. The minimum absolute atomic E-state index is 0.979. The molecule has 0 spiro atoms. The summed E-state index contributed by atoms with van der Waals surface area (Å²) in [7, 11) is 0. The highest BCUT2D eigenvalue weighted by Crippen LogP contribution is 2.50. The van der Waals surface area contributed by atoms with Gasteiger partial charge in [-0.05, 0) is 73.0 Å². The van der Waals surface area contributed by atoms with Gasteiger partial charge in [-0.2, -0.15) is 0 Å². The van der Waals surface area contributed by atoms with Gasteiger partial charge in [-0.25, -0.2) is 0 Å². The summed E-state index contributed by atoms with van der Waals surface area (Å²) in [5.41, 5.74) is 11.0. The van der Waals surface area contributed by atoms with Gasteiger partial charge in [0.25, 0.3) is 0 Å². The summed E-state index contributed by atoms with van der Waals surface area (Å²) in [6.07, 6.45) is 0.979. The molecule has 1 aliphatic carbocycles. The van der Waals surface area contributed by atoms with Gasteiger partial charge in [0.05, 0.1) is 0 Å². The maximum absolute atomic E-state index is 2.34. The largest absolute Gasteiger partial charge is 0.135 e. The number of hydrogen-bond acceptors (Lipinski definition) is 1. The highest BCUT2D eigenvalue weighted by atomic mass is 32.1. The van der Waals surface area contributed by atoms with Gasteiger partial charge in [-0.15, -0.1) is 11.3 Å². The van der Waals surface area contributed by atoms with Gasteiger partial charge >= 0.3 is 0 Å². The van der Waals surface area contributed by atoms with E-state index in [4.69, 9.17) is 0 Å². The third kappa shape index (κ3) is 3.01. The zero-order valence-corrected chi connectivity index (χ0v) is 22.6. The van der Waals surface area contributed by atoms with E-state index < -0.39 is 0 Å². The number of hydrogen-bond donors (Lipinski definition) is 0. The van der Waals surface area contributed by atoms with Crippen LogP contribution >= 0.6 is 11.3 Å². The lowest BCUT2D eigenvalue weighted by atomic mass is 9.84. The van der Waals surface area contributed by atoms with Crippen LogP contribution in [0.4, 0.5) is 0 Å². The van der Waals surface area contributed by atoms with Crippen LogP contribution in [0.5, 0.6) is 0 Å². The molecule has 1 heteroatoms. The van der Waals surface area contributed by atoms with Crippen LogP contribution in [0.15, 0.2) is 133 Å². The molecule has 7 aromatic carbocycles. The minimum atomic E-state index is 0.979. The average molecular weight is 525 g/mol. The van der Waals surface area contributed by atoms with Crippen molar-refractivity contribution in [3.8, 4) is 33.4 Å². The molecular weight excluding hydrogens is 500 g/mol. The first-order valence-electron chi connectivity index (χ1n) is 13.9. The predicted molar refractivity (Wildman–Crippen MR) is 173 cm³/mol. The van der Waals surface area contributed by atoms with Crippen molar-refractivity contribution in [3.05, 3.63) is 145 Å². The number of rotatable bonds is 2. The van der Waals surface area contributed by atoms with Gasteiger partial charge < -0.3 is 0 Å². The van der Waals surface area contributed by atoms with Gasteiger partial charge in [-0.1, -0.05) is 127 Å². The van der Waals surface area contributed by atoms with Crippen LogP contribution in [0.2, 0.25) is 0 Å². The van der Waals surface area contributed by atoms with Crippen molar-refractivity contribution in [3.63, 3.8) is 0 Å². The first kappa shape index (κ1) is 22.1. The van der Waals surface area contributed by atoms with Crippen LogP contribution in [0.1, 0.15) is 11.1 Å². The predicted octanol–water partition coefficient (Wildman–Crippen LogP) is 11.3. The van der Waals surface area contributed by atoms with E-state index in [0.29, 0.717) is 0 Å². The summed E-state index contributed by atoms with van der Waals surface area (Å²) in [5, 5.41) is 7.95. The summed E-state index contributed by atoms with van der Waals surface area (Å²) >= 11 is 1.91. The summed E-state index contributed by atoms with van der Waals surface area (Å²) in [6, 6.07) is 49.5. The zero-order valence-electron chi connectivity index (χ0n) is 21.8. The molecule has 1 aromatic heterocycles. The standard InChI is InChI=1S/C39H24S/c1-2-12-25-24(11-1)23-35-26(25)18-9-19-32(35)37-28-14-3-5-16-30(28)38(31-17-6-4-15-29(31)37)34-21-10-20-33-27-13-7-8-22-36(27)40-39(33)34/h1-22H,23H2. The number of benzene rings is 7. The summed E-state index contributed by atoms with van der Waals surface area (Å²) in [4.78, 5) is 0. The van der Waals surface area contributed by atoms with E-state index in [1.54, 1.807) is 0 Å². The van der Waals surface area contributed by atoms with Crippen LogP contribution in [0, 0.1) is 0 Å². The van der Waals surface area contributed by atoms with Crippen molar-refractivity contribution in [1.29, 1.82) is 0 Å². The Bertz CT molecular complexity index is 2240. The maximum Gasteiger partial charge on any atom is 0.0434 e. The van der Waals surface area contributed by atoms with E-state index in [2.05, 4.69) is 133 Å². The lowest BCUT2D eigenvalue weighted by molar-refractivity contribution is 1.27. The quantitative estimate of drug-likeness (QED) is 0.197. The summed E-state index contributed by atoms with van der Waals surface area (Å²) < 4.78 is 2.71. The van der Waals surface area contributed by atoms with Crippen LogP contribution in [-0.4, -0.2) is 0 Å².